The Hall–Kier alpha value is -3.91. The second-order valence-electron chi connectivity index (χ2n) is 7.21. The molecule has 0 saturated heterocycles. The Morgan fingerprint density at radius 3 is 2.17 bits per heavy atom. The van der Waals surface area contributed by atoms with Crippen LogP contribution in [0.15, 0.2) is 60.7 Å². The fraction of sp³-hybridized carbons (Fsp3) is 0.160. The van der Waals surface area contributed by atoms with Gasteiger partial charge in [-0.15, -0.1) is 0 Å². The van der Waals surface area contributed by atoms with Gasteiger partial charge in [-0.05, 0) is 49.6 Å². The van der Waals surface area contributed by atoms with Crippen LogP contribution in [-0.4, -0.2) is 18.4 Å². The number of hydrogen-bond donors (Lipinski definition) is 2. The summed E-state index contributed by atoms with van der Waals surface area (Å²) in [6.45, 7) is 5.74. The van der Waals surface area contributed by atoms with Crippen LogP contribution in [0.5, 0.6) is 0 Å². The van der Waals surface area contributed by atoms with Crippen LogP contribution in [0.25, 0.3) is 11.1 Å². The van der Waals surface area contributed by atoms with Crippen molar-refractivity contribution < 1.29 is 9.59 Å². The molecule has 0 radical (unpaired) electrons. The van der Waals surface area contributed by atoms with E-state index in [0.717, 1.165) is 22.4 Å². The maximum absolute atomic E-state index is 12.8. The Kier molecular flexibility index (Phi) is 6.29. The smallest absolute Gasteiger partial charge is 0.252 e. The van der Waals surface area contributed by atoms with Crippen molar-refractivity contribution in [2.75, 3.05) is 11.9 Å². The van der Waals surface area contributed by atoms with Crippen LogP contribution < -0.4 is 10.6 Å². The van der Waals surface area contributed by atoms with Crippen molar-refractivity contribution >= 4 is 17.5 Å². The molecular formula is C25H23N3O2. The molecule has 0 atom stereocenters. The number of nitrogens with zero attached hydrogens (tertiary/aromatic N) is 1. The minimum atomic E-state index is -0.370. The lowest BCUT2D eigenvalue weighted by Crippen LogP contribution is -2.33. The Bertz CT molecular complexity index is 1140. The first-order valence-corrected chi connectivity index (χ1v) is 9.65. The summed E-state index contributed by atoms with van der Waals surface area (Å²) in [4.78, 5) is 25.2. The molecule has 30 heavy (non-hydrogen) atoms. The number of carbonyl (C=O) groups is 2. The van der Waals surface area contributed by atoms with Gasteiger partial charge in [0, 0.05) is 16.8 Å². The molecule has 0 aliphatic rings. The van der Waals surface area contributed by atoms with E-state index in [0.29, 0.717) is 22.3 Å². The fourth-order valence-corrected chi connectivity index (χ4v) is 3.55. The molecule has 150 valence electrons. The number of rotatable bonds is 5. The summed E-state index contributed by atoms with van der Waals surface area (Å²) in [5.41, 5.74) is 6.08. The van der Waals surface area contributed by atoms with Gasteiger partial charge in [0.1, 0.15) is 0 Å². The van der Waals surface area contributed by atoms with Crippen molar-refractivity contribution in [1.29, 1.82) is 5.26 Å². The summed E-state index contributed by atoms with van der Waals surface area (Å²) in [6.07, 6.45) is 0. The van der Waals surface area contributed by atoms with Crippen molar-refractivity contribution in [2.45, 2.75) is 20.8 Å². The molecule has 2 N–H and O–H groups in total. The van der Waals surface area contributed by atoms with E-state index in [1.807, 2.05) is 45.0 Å². The van der Waals surface area contributed by atoms with Gasteiger partial charge in [0.2, 0.25) is 5.91 Å². The number of nitriles is 1. The summed E-state index contributed by atoms with van der Waals surface area (Å²) >= 11 is 0. The maximum atomic E-state index is 12.8. The Morgan fingerprint density at radius 2 is 1.50 bits per heavy atom. The van der Waals surface area contributed by atoms with Crippen LogP contribution in [0.4, 0.5) is 5.69 Å². The maximum Gasteiger partial charge on any atom is 0.252 e. The lowest BCUT2D eigenvalue weighted by atomic mass is 9.95. The molecular weight excluding hydrogens is 374 g/mol. The van der Waals surface area contributed by atoms with Gasteiger partial charge in [-0.3, -0.25) is 9.59 Å². The van der Waals surface area contributed by atoms with E-state index in [-0.39, 0.29) is 18.4 Å². The van der Waals surface area contributed by atoms with Crippen LogP contribution >= 0.6 is 0 Å². The quantitative estimate of drug-likeness (QED) is 0.664. The third-order valence-corrected chi connectivity index (χ3v) is 4.86. The molecule has 3 aromatic carbocycles. The van der Waals surface area contributed by atoms with E-state index in [4.69, 9.17) is 0 Å². The zero-order chi connectivity index (χ0) is 21.7. The highest BCUT2D eigenvalue weighted by Crippen LogP contribution is 2.27. The van der Waals surface area contributed by atoms with Gasteiger partial charge in [0.05, 0.1) is 18.2 Å². The van der Waals surface area contributed by atoms with Crippen molar-refractivity contribution in [1.82, 2.24) is 5.32 Å². The minimum absolute atomic E-state index is 0.153. The topological polar surface area (TPSA) is 82.0 Å². The van der Waals surface area contributed by atoms with Crippen molar-refractivity contribution in [3.05, 3.63) is 88.5 Å². The van der Waals surface area contributed by atoms with E-state index in [2.05, 4.69) is 16.7 Å². The number of aryl methyl sites for hydroxylation is 3. The van der Waals surface area contributed by atoms with Gasteiger partial charge in [-0.25, -0.2) is 0 Å². The number of amides is 2. The third kappa shape index (κ3) is 4.56. The summed E-state index contributed by atoms with van der Waals surface area (Å²) in [5.74, 6) is -0.667. The number of carbonyl (C=O) groups excluding carboxylic acids is 2. The zero-order valence-electron chi connectivity index (χ0n) is 17.2. The normalized spacial score (nSPS) is 10.2. The molecule has 0 saturated carbocycles. The molecule has 2 amide bonds. The van der Waals surface area contributed by atoms with Crippen LogP contribution in [0.3, 0.4) is 0 Å². The molecule has 0 unspecified atom stereocenters. The van der Waals surface area contributed by atoms with E-state index in [1.165, 1.54) is 0 Å². The largest absolute Gasteiger partial charge is 0.343 e. The van der Waals surface area contributed by atoms with Crippen molar-refractivity contribution in [2.24, 2.45) is 0 Å². The minimum Gasteiger partial charge on any atom is -0.343 e. The van der Waals surface area contributed by atoms with Crippen molar-refractivity contribution in [3.8, 4) is 17.2 Å². The molecule has 0 aliphatic heterocycles. The molecule has 0 aliphatic carbocycles. The standard InChI is InChI=1S/C25H23N3O2/c1-16-12-17(2)24(18(3)13-16)28-23(29)15-27-25(30)22-11-7-6-10-21(22)20-9-5-4-8-19(20)14-26/h4-13H,15H2,1-3H3,(H,27,30)(H,28,29). The van der Waals surface area contributed by atoms with Crippen LogP contribution in [0.1, 0.15) is 32.6 Å². The fourth-order valence-electron chi connectivity index (χ4n) is 3.55. The molecule has 5 nitrogen and oxygen atoms in total. The highest BCUT2D eigenvalue weighted by molar-refractivity contribution is 6.04. The lowest BCUT2D eigenvalue weighted by Gasteiger charge is -2.14. The SMILES string of the molecule is Cc1cc(C)c(NC(=O)CNC(=O)c2ccccc2-c2ccccc2C#N)c(C)c1. The van der Waals surface area contributed by atoms with Crippen LogP contribution in [-0.2, 0) is 4.79 Å². The summed E-state index contributed by atoms with van der Waals surface area (Å²) < 4.78 is 0. The van der Waals surface area contributed by atoms with Gasteiger partial charge < -0.3 is 10.6 Å². The van der Waals surface area contributed by atoms with E-state index >= 15 is 0 Å². The van der Waals surface area contributed by atoms with Gasteiger partial charge in [-0.1, -0.05) is 54.1 Å². The van der Waals surface area contributed by atoms with E-state index in [9.17, 15) is 14.9 Å². The molecule has 0 bridgehead atoms. The highest BCUT2D eigenvalue weighted by atomic mass is 16.2. The van der Waals surface area contributed by atoms with Gasteiger partial charge >= 0.3 is 0 Å². The van der Waals surface area contributed by atoms with Gasteiger partial charge in [0.25, 0.3) is 5.91 Å². The Labute approximate surface area is 176 Å². The van der Waals surface area contributed by atoms with Gasteiger partial charge in [-0.2, -0.15) is 5.26 Å². The molecule has 0 fully saturated rings. The first-order valence-electron chi connectivity index (χ1n) is 9.65. The number of benzene rings is 3. The third-order valence-electron chi connectivity index (χ3n) is 4.86. The molecule has 3 rings (SSSR count). The predicted molar refractivity (Wildman–Crippen MR) is 118 cm³/mol. The molecule has 5 heteroatoms. The summed E-state index contributed by atoms with van der Waals surface area (Å²) in [6, 6.07) is 20.3. The average molecular weight is 397 g/mol. The summed E-state index contributed by atoms with van der Waals surface area (Å²) in [7, 11) is 0. The zero-order valence-corrected chi connectivity index (χ0v) is 17.2. The average Bonchev–Trinajstić information content (AvgIpc) is 2.74. The first kappa shape index (κ1) is 20.8. The predicted octanol–water partition coefficient (Wildman–Crippen LogP) is 4.52. The Balaban J connectivity index is 1.75. The van der Waals surface area contributed by atoms with Gasteiger partial charge in [0.15, 0.2) is 0 Å². The van der Waals surface area contributed by atoms with Crippen LogP contribution in [0.2, 0.25) is 0 Å². The molecule has 3 aromatic rings. The molecule has 0 spiro atoms. The number of anilines is 1. The lowest BCUT2D eigenvalue weighted by molar-refractivity contribution is -0.115. The second-order valence-corrected chi connectivity index (χ2v) is 7.21. The number of hydrogen-bond acceptors (Lipinski definition) is 3. The van der Waals surface area contributed by atoms with E-state index in [1.54, 1.807) is 36.4 Å². The van der Waals surface area contributed by atoms with E-state index < -0.39 is 0 Å². The highest BCUT2D eigenvalue weighted by Gasteiger charge is 2.16. The monoisotopic (exact) mass is 397 g/mol. The first-order chi connectivity index (χ1) is 14.4. The van der Waals surface area contributed by atoms with Crippen molar-refractivity contribution in [3.63, 3.8) is 0 Å². The summed E-state index contributed by atoms with van der Waals surface area (Å²) in [5, 5.41) is 14.9. The number of nitrogens with one attached hydrogen (secondary N) is 2. The molecule has 0 aromatic heterocycles. The molecule has 0 heterocycles. The van der Waals surface area contributed by atoms with Crippen LogP contribution in [0, 0.1) is 32.1 Å². The second kappa shape index (κ2) is 9.06. The Morgan fingerprint density at radius 1 is 0.900 bits per heavy atom.